The monoisotopic (exact) mass is 230 g/mol. The fourth-order valence-corrected chi connectivity index (χ4v) is 1.57. The normalized spacial score (nSPS) is 24.4. The van der Waals surface area contributed by atoms with Crippen LogP contribution < -0.4 is 0 Å². The van der Waals surface area contributed by atoms with Crippen molar-refractivity contribution in [1.82, 2.24) is 0 Å². The van der Waals surface area contributed by atoms with Gasteiger partial charge in [0.15, 0.2) is 0 Å². The van der Waals surface area contributed by atoms with Crippen LogP contribution in [0.15, 0.2) is 11.8 Å². The predicted molar refractivity (Wildman–Crippen MR) is 56.5 cm³/mol. The minimum atomic E-state index is -0.766. The van der Waals surface area contributed by atoms with Crippen LogP contribution in [-0.4, -0.2) is 41.6 Å². The molecule has 0 unspecified atom stereocenters. The summed E-state index contributed by atoms with van der Waals surface area (Å²) < 4.78 is 9.95. The van der Waals surface area contributed by atoms with E-state index >= 15 is 0 Å². The van der Waals surface area contributed by atoms with Gasteiger partial charge in [0.2, 0.25) is 0 Å². The molecule has 0 aromatic rings. The van der Waals surface area contributed by atoms with E-state index in [0.717, 1.165) is 0 Å². The Bertz CT molecular complexity index is 272. The average Bonchev–Trinajstić information content (AvgIpc) is 2.24. The van der Waals surface area contributed by atoms with Crippen molar-refractivity contribution in [3.05, 3.63) is 11.8 Å². The smallest absolute Gasteiger partial charge is 0.334 e. The quantitative estimate of drug-likeness (QED) is 0.667. The summed E-state index contributed by atoms with van der Waals surface area (Å²) in [6, 6.07) is 0. The minimum absolute atomic E-state index is 0.378. The highest BCUT2D eigenvalue weighted by Gasteiger charge is 2.28. The fraction of sp³-hybridized carbons (Fsp3) is 0.727. The van der Waals surface area contributed by atoms with Gasteiger partial charge in [0.25, 0.3) is 0 Å². The average molecular weight is 230 g/mol. The zero-order valence-electron chi connectivity index (χ0n) is 9.55. The topological polar surface area (TPSA) is 76.0 Å². The first-order chi connectivity index (χ1) is 7.52. The van der Waals surface area contributed by atoms with Crippen molar-refractivity contribution >= 4 is 5.97 Å². The summed E-state index contributed by atoms with van der Waals surface area (Å²) in [5.74, 6) is 0.0153. The van der Waals surface area contributed by atoms with Crippen LogP contribution in [-0.2, 0) is 14.3 Å². The zero-order valence-corrected chi connectivity index (χ0v) is 9.55. The van der Waals surface area contributed by atoms with Crippen LogP contribution in [0.1, 0.15) is 26.2 Å². The van der Waals surface area contributed by atoms with E-state index in [-0.39, 0.29) is 0 Å². The lowest BCUT2D eigenvalue weighted by atomic mass is 10.0. The largest absolute Gasteiger partial charge is 0.501 e. The number of carbonyl (C=O) groups excluding carboxylic acids is 1. The molecule has 92 valence electrons. The first-order valence-corrected chi connectivity index (χ1v) is 5.34. The lowest BCUT2D eigenvalue weighted by molar-refractivity contribution is -0.152. The summed E-state index contributed by atoms with van der Waals surface area (Å²) in [4.78, 5) is 11.1. The molecule has 16 heavy (non-hydrogen) atoms. The van der Waals surface area contributed by atoms with E-state index in [4.69, 9.17) is 14.6 Å². The summed E-state index contributed by atoms with van der Waals surface area (Å²) in [6.07, 6.45) is 0.713. The van der Waals surface area contributed by atoms with Crippen LogP contribution >= 0.6 is 0 Å². The summed E-state index contributed by atoms with van der Waals surface area (Å²) >= 11 is 0. The minimum Gasteiger partial charge on any atom is -0.501 e. The number of aliphatic hydroxyl groups excluding tert-OH is 2. The van der Waals surface area contributed by atoms with Crippen LogP contribution in [0.4, 0.5) is 0 Å². The van der Waals surface area contributed by atoms with Crippen molar-refractivity contribution in [1.29, 1.82) is 0 Å². The van der Waals surface area contributed by atoms with E-state index in [2.05, 4.69) is 0 Å². The molecule has 3 atom stereocenters. The van der Waals surface area contributed by atoms with Crippen LogP contribution in [0, 0.1) is 0 Å². The SMILES string of the molecule is COC1=CC(=O)O[C@H]([C@@H](O)CC[C@H](C)O)C1. The zero-order chi connectivity index (χ0) is 12.1. The second-order valence-electron chi connectivity index (χ2n) is 3.99. The first kappa shape index (κ1) is 13.0. The summed E-state index contributed by atoms with van der Waals surface area (Å²) in [7, 11) is 1.48. The van der Waals surface area contributed by atoms with Gasteiger partial charge < -0.3 is 19.7 Å². The third-order valence-corrected chi connectivity index (χ3v) is 2.52. The van der Waals surface area contributed by atoms with Crippen molar-refractivity contribution in [3.8, 4) is 0 Å². The summed E-state index contributed by atoms with van der Waals surface area (Å²) in [5, 5.41) is 18.9. The van der Waals surface area contributed by atoms with E-state index < -0.39 is 24.3 Å². The molecule has 5 nitrogen and oxygen atoms in total. The van der Waals surface area contributed by atoms with E-state index in [9.17, 15) is 9.90 Å². The van der Waals surface area contributed by atoms with Crippen LogP contribution in [0.3, 0.4) is 0 Å². The van der Waals surface area contributed by atoms with Crippen molar-refractivity contribution in [2.24, 2.45) is 0 Å². The van der Waals surface area contributed by atoms with E-state index in [1.165, 1.54) is 13.2 Å². The van der Waals surface area contributed by atoms with Crippen molar-refractivity contribution in [2.45, 2.75) is 44.5 Å². The fourth-order valence-electron chi connectivity index (χ4n) is 1.57. The molecule has 0 bridgehead atoms. The molecule has 0 saturated heterocycles. The standard InChI is InChI=1S/C11H18O5/c1-7(12)3-4-9(13)10-5-8(15-2)6-11(14)16-10/h6-7,9-10,12-13H,3-5H2,1-2H3/t7-,9-,10-/m0/s1. The van der Waals surface area contributed by atoms with Crippen molar-refractivity contribution < 1.29 is 24.5 Å². The van der Waals surface area contributed by atoms with Gasteiger partial charge in [-0.15, -0.1) is 0 Å². The Kier molecular flexibility index (Phi) is 4.76. The van der Waals surface area contributed by atoms with Crippen molar-refractivity contribution in [2.75, 3.05) is 7.11 Å². The van der Waals surface area contributed by atoms with Gasteiger partial charge in [-0.3, -0.25) is 0 Å². The molecule has 0 spiro atoms. The molecule has 1 rings (SSSR count). The maximum Gasteiger partial charge on any atom is 0.334 e. The molecular weight excluding hydrogens is 212 g/mol. The van der Waals surface area contributed by atoms with Gasteiger partial charge in [0.05, 0.1) is 25.4 Å². The predicted octanol–water partition coefficient (Wildman–Crippen LogP) is 0.354. The Hall–Kier alpha value is -1.07. The molecule has 0 saturated carbocycles. The van der Waals surface area contributed by atoms with Gasteiger partial charge in [-0.2, -0.15) is 0 Å². The lowest BCUT2D eigenvalue weighted by Crippen LogP contribution is -2.34. The van der Waals surface area contributed by atoms with Gasteiger partial charge in [-0.1, -0.05) is 0 Å². The molecular formula is C11H18O5. The van der Waals surface area contributed by atoms with E-state index in [1.807, 2.05) is 0 Å². The molecule has 1 aliphatic heterocycles. The number of carbonyl (C=O) groups is 1. The molecule has 5 heteroatoms. The number of cyclic esters (lactones) is 1. The van der Waals surface area contributed by atoms with Crippen LogP contribution in [0.25, 0.3) is 0 Å². The Balaban J connectivity index is 2.48. The van der Waals surface area contributed by atoms with Gasteiger partial charge in [-0.25, -0.2) is 4.79 Å². The van der Waals surface area contributed by atoms with Gasteiger partial charge >= 0.3 is 5.97 Å². The third kappa shape index (κ3) is 3.83. The second-order valence-corrected chi connectivity index (χ2v) is 3.99. The van der Waals surface area contributed by atoms with Crippen molar-refractivity contribution in [3.63, 3.8) is 0 Å². The number of esters is 1. The first-order valence-electron chi connectivity index (χ1n) is 5.34. The third-order valence-electron chi connectivity index (χ3n) is 2.52. The van der Waals surface area contributed by atoms with Gasteiger partial charge in [0, 0.05) is 6.42 Å². The summed E-state index contributed by atoms with van der Waals surface area (Å²) in [5.41, 5.74) is 0. The maximum absolute atomic E-state index is 11.1. The molecule has 1 heterocycles. The molecule has 1 aliphatic rings. The maximum atomic E-state index is 11.1. The Morgan fingerprint density at radius 1 is 1.56 bits per heavy atom. The number of hydrogen-bond acceptors (Lipinski definition) is 5. The van der Waals surface area contributed by atoms with Gasteiger partial charge in [-0.05, 0) is 19.8 Å². The number of hydrogen-bond donors (Lipinski definition) is 2. The molecule has 0 aliphatic carbocycles. The highest BCUT2D eigenvalue weighted by molar-refractivity contribution is 5.83. The Morgan fingerprint density at radius 2 is 2.25 bits per heavy atom. The molecule has 0 amide bonds. The lowest BCUT2D eigenvalue weighted by Gasteiger charge is -2.26. The highest BCUT2D eigenvalue weighted by atomic mass is 16.6. The molecule has 0 radical (unpaired) electrons. The number of methoxy groups -OCH3 is 1. The Labute approximate surface area is 94.7 Å². The Morgan fingerprint density at radius 3 is 2.81 bits per heavy atom. The number of ether oxygens (including phenoxy) is 2. The molecule has 2 N–H and O–H groups in total. The van der Waals surface area contributed by atoms with Crippen LogP contribution in [0.5, 0.6) is 0 Å². The molecule has 0 fully saturated rings. The highest BCUT2D eigenvalue weighted by Crippen LogP contribution is 2.21. The summed E-state index contributed by atoms with van der Waals surface area (Å²) in [6.45, 7) is 1.65. The van der Waals surface area contributed by atoms with Crippen LogP contribution in [0.2, 0.25) is 0 Å². The van der Waals surface area contributed by atoms with Gasteiger partial charge in [0.1, 0.15) is 11.9 Å². The molecule has 0 aromatic heterocycles. The second kappa shape index (κ2) is 5.86. The van der Waals surface area contributed by atoms with E-state index in [1.54, 1.807) is 6.92 Å². The number of rotatable bonds is 5. The molecule has 0 aromatic carbocycles. The number of aliphatic hydroxyl groups is 2. The van der Waals surface area contributed by atoms with E-state index in [0.29, 0.717) is 25.0 Å².